The summed E-state index contributed by atoms with van der Waals surface area (Å²) in [6, 6.07) is 17.3. The second-order valence-electron chi connectivity index (χ2n) is 7.44. The molecule has 5 rings (SSSR count). The van der Waals surface area contributed by atoms with E-state index in [4.69, 9.17) is 8.83 Å². The SMILES string of the molecule is Cc1ccc(C)c(NC(=O)Cn2cc(-c3nnc(-c4ccco4)o3)c3ccccc32)c1. The molecule has 0 fully saturated rings. The van der Waals surface area contributed by atoms with Gasteiger partial charge in [0.1, 0.15) is 6.54 Å². The van der Waals surface area contributed by atoms with E-state index in [9.17, 15) is 4.79 Å². The molecular weight excluding hydrogens is 392 g/mol. The van der Waals surface area contributed by atoms with Gasteiger partial charge >= 0.3 is 0 Å². The first-order valence-corrected chi connectivity index (χ1v) is 9.91. The molecule has 1 N–H and O–H groups in total. The van der Waals surface area contributed by atoms with Gasteiger partial charge in [0.15, 0.2) is 5.76 Å². The lowest BCUT2D eigenvalue weighted by Crippen LogP contribution is -2.18. The number of furan rings is 1. The van der Waals surface area contributed by atoms with Crippen molar-refractivity contribution in [2.75, 3.05) is 5.32 Å². The van der Waals surface area contributed by atoms with Crippen LogP contribution in [0, 0.1) is 13.8 Å². The number of rotatable bonds is 5. The van der Waals surface area contributed by atoms with Gasteiger partial charge in [-0.2, -0.15) is 0 Å². The predicted molar refractivity (Wildman–Crippen MR) is 117 cm³/mol. The van der Waals surface area contributed by atoms with Gasteiger partial charge in [-0.1, -0.05) is 30.3 Å². The third kappa shape index (κ3) is 3.61. The molecule has 0 bridgehead atoms. The number of hydrogen-bond acceptors (Lipinski definition) is 5. The smallest absolute Gasteiger partial charge is 0.283 e. The molecule has 0 saturated heterocycles. The van der Waals surface area contributed by atoms with Gasteiger partial charge in [-0.25, -0.2) is 0 Å². The molecule has 5 aromatic rings. The van der Waals surface area contributed by atoms with E-state index in [0.717, 1.165) is 33.3 Å². The zero-order valence-electron chi connectivity index (χ0n) is 17.1. The van der Waals surface area contributed by atoms with Crippen LogP contribution in [0.15, 0.2) is 75.9 Å². The predicted octanol–water partition coefficient (Wildman–Crippen LogP) is 5.21. The van der Waals surface area contributed by atoms with E-state index >= 15 is 0 Å². The molecule has 154 valence electrons. The summed E-state index contributed by atoms with van der Waals surface area (Å²) in [5.74, 6) is 1.08. The van der Waals surface area contributed by atoms with E-state index in [1.807, 2.05) is 67.1 Å². The van der Waals surface area contributed by atoms with Gasteiger partial charge in [-0.15, -0.1) is 10.2 Å². The Morgan fingerprint density at radius 3 is 2.71 bits per heavy atom. The van der Waals surface area contributed by atoms with Gasteiger partial charge in [0.25, 0.3) is 5.89 Å². The second-order valence-corrected chi connectivity index (χ2v) is 7.44. The number of para-hydroxylation sites is 1. The highest BCUT2D eigenvalue weighted by Crippen LogP contribution is 2.31. The largest absolute Gasteiger partial charge is 0.459 e. The minimum atomic E-state index is -0.109. The van der Waals surface area contributed by atoms with Crippen LogP contribution in [0.1, 0.15) is 11.1 Å². The van der Waals surface area contributed by atoms with Crippen LogP contribution in [-0.2, 0) is 11.3 Å². The highest BCUT2D eigenvalue weighted by Gasteiger charge is 2.18. The average molecular weight is 412 g/mol. The molecule has 2 aromatic carbocycles. The topological polar surface area (TPSA) is 86.1 Å². The number of anilines is 1. The van der Waals surface area contributed by atoms with Crippen LogP contribution in [-0.4, -0.2) is 20.7 Å². The van der Waals surface area contributed by atoms with E-state index in [2.05, 4.69) is 15.5 Å². The van der Waals surface area contributed by atoms with E-state index in [-0.39, 0.29) is 12.5 Å². The van der Waals surface area contributed by atoms with Crippen molar-refractivity contribution in [3.8, 4) is 23.1 Å². The summed E-state index contributed by atoms with van der Waals surface area (Å²) in [5.41, 5.74) is 4.61. The Bertz CT molecular complexity index is 1380. The lowest BCUT2D eigenvalue weighted by molar-refractivity contribution is -0.116. The molecule has 0 aliphatic heterocycles. The molecule has 0 aliphatic rings. The maximum atomic E-state index is 12.8. The van der Waals surface area contributed by atoms with Crippen LogP contribution >= 0.6 is 0 Å². The fourth-order valence-corrected chi connectivity index (χ4v) is 3.59. The second kappa shape index (κ2) is 7.60. The summed E-state index contributed by atoms with van der Waals surface area (Å²) >= 11 is 0. The van der Waals surface area contributed by atoms with E-state index in [0.29, 0.717) is 17.5 Å². The molecule has 1 amide bonds. The summed E-state index contributed by atoms with van der Waals surface area (Å²) in [6.07, 6.45) is 3.42. The molecule has 0 spiro atoms. The zero-order chi connectivity index (χ0) is 21.4. The highest BCUT2D eigenvalue weighted by molar-refractivity contribution is 5.97. The number of fused-ring (bicyclic) bond motifs is 1. The molecule has 0 radical (unpaired) electrons. The van der Waals surface area contributed by atoms with Crippen molar-refractivity contribution in [1.29, 1.82) is 0 Å². The number of nitrogens with zero attached hydrogens (tertiary/aromatic N) is 3. The van der Waals surface area contributed by atoms with Crippen molar-refractivity contribution in [1.82, 2.24) is 14.8 Å². The Kier molecular flexibility index (Phi) is 4.63. The third-order valence-electron chi connectivity index (χ3n) is 5.16. The van der Waals surface area contributed by atoms with Crippen molar-refractivity contribution in [3.05, 3.63) is 78.2 Å². The number of carbonyl (C=O) groups excluding carboxylic acids is 1. The van der Waals surface area contributed by atoms with Crippen molar-refractivity contribution in [3.63, 3.8) is 0 Å². The Hall–Kier alpha value is -4.13. The number of aromatic nitrogens is 3. The van der Waals surface area contributed by atoms with Crippen LogP contribution in [0.3, 0.4) is 0 Å². The summed E-state index contributed by atoms with van der Waals surface area (Å²) < 4.78 is 13.1. The van der Waals surface area contributed by atoms with E-state index < -0.39 is 0 Å². The van der Waals surface area contributed by atoms with E-state index in [1.54, 1.807) is 18.4 Å². The number of aryl methyl sites for hydroxylation is 2. The molecule has 0 aliphatic carbocycles. The molecule has 0 saturated carbocycles. The van der Waals surface area contributed by atoms with Crippen LogP contribution in [0.5, 0.6) is 0 Å². The average Bonchev–Trinajstić information content (AvgIpc) is 3.50. The van der Waals surface area contributed by atoms with Gasteiger partial charge < -0.3 is 18.7 Å². The van der Waals surface area contributed by atoms with Crippen molar-refractivity contribution in [2.24, 2.45) is 0 Å². The van der Waals surface area contributed by atoms with E-state index in [1.165, 1.54) is 0 Å². The molecule has 3 heterocycles. The normalized spacial score (nSPS) is 11.2. The summed E-state index contributed by atoms with van der Waals surface area (Å²) in [6.45, 7) is 4.14. The van der Waals surface area contributed by atoms with Crippen molar-refractivity contribution >= 4 is 22.5 Å². The standard InChI is InChI=1S/C24H20N4O3/c1-15-9-10-16(2)19(12-15)25-22(29)14-28-13-18(17-6-3-4-7-20(17)28)23-26-27-24(31-23)21-8-5-11-30-21/h3-13H,14H2,1-2H3,(H,25,29). The third-order valence-corrected chi connectivity index (χ3v) is 5.16. The van der Waals surface area contributed by atoms with Gasteiger partial charge in [0.05, 0.1) is 11.8 Å². The monoisotopic (exact) mass is 412 g/mol. The Morgan fingerprint density at radius 2 is 1.87 bits per heavy atom. The van der Waals surface area contributed by atoms with Crippen LogP contribution in [0.4, 0.5) is 5.69 Å². The molecule has 7 nitrogen and oxygen atoms in total. The van der Waals surface area contributed by atoms with Crippen molar-refractivity contribution < 1.29 is 13.6 Å². The first-order chi connectivity index (χ1) is 15.1. The minimum Gasteiger partial charge on any atom is -0.459 e. The Labute approximate surface area is 178 Å². The minimum absolute atomic E-state index is 0.109. The molecule has 3 aromatic heterocycles. The first-order valence-electron chi connectivity index (χ1n) is 9.91. The number of amides is 1. The molecule has 7 heteroatoms. The van der Waals surface area contributed by atoms with Gasteiger partial charge in [0.2, 0.25) is 11.8 Å². The van der Waals surface area contributed by atoms with Crippen LogP contribution in [0.2, 0.25) is 0 Å². The quantitative estimate of drug-likeness (QED) is 0.428. The molecule has 31 heavy (non-hydrogen) atoms. The number of carbonyl (C=O) groups is 1. The summed E-state index contributed by atoms with van der Waals surface area (Å²) in [4.78, 5) is 12.8. The lowest BCUT2D eigenvalue weighted by atomic mass is 10.1. The van der Waals surface area contributed by atoms with Crippen LogP contribution in [0.25, 0.3) is 34.0 Å². The fourth-order valence-electron chi connectivity index (χ4n) is 3.59. The zero-order valence-corrected chi connectivity index (χ0v) is 17.1. The summed E-state index contributed by atoms with van der Waals surface area (Å²) in [7, 11) is 0. The Balaban J connectivity index is 1.46. The van der Waals surface area contributed by atoms with Crippen molar-refractivity contribution in [2.45, 2.75) is 20.4 Å². The molecular formula is C24H20N4O3. The highest BCUT2D eigenvalue weighted by atomic mass is 16.4. The maximum absolute atomic E-state index is 12.8. The lowest BCUT2D eigenvalue weighted by Gasteiger charge is -2.10. The summed E-state index contributed by atoms with van der Waals surface area (Å²) in [5, 5.41) is 12.2. The number of benzene rings is 2. The molecule has 0 atom stereocenters. The molecule has 0 unspecified atom stereocenters. The maximum Gasteiger partial charge on any atom is 0.283 e. The van der Waals surface area contributed by atoms with Gasteiger partial charge in [-0.3, -0.25) is 4.79 Å². The van der Waals surface area contributed by atoms with Crippen LogP contribution < -0.4 is 5.32 Å². The van der Waals surface area contributed by atoms with Gasteiger partial charge in [-0.05, 0) is 49.2 Å². The Morgan fingerprint density at radius 1 is 1.03 bits per heavy atom. The number of nitrogens with one attached hydrogen (secondary N) is 1. The first kappa shape index (κ1) is 18.9. The fraction of sp³-hybridized carbons (Fsp3) is 0.125. The van der Waals surface area contributed by atoms with Gasteiger partial charge in [0, 0.05) is 22.8 Å². The number of hydrogen-bond donors (Lipinski definition) is 1.